The quantitative estimate of drug-likeness (QED) is 0.302. The maximum absolute atomic E-state index is 13.7. The Morgan fingerprint density at radius 1 is 0.917 bits per heavy atom. The summed E-state index contributed by atoms with van der Waals surface area (Å²) in [4.78, 5) is 56.5. The SMILES string of the molecule is CCCN1C(=O)C2CC=C3C(CC4C(=O)N(CCC)C(=O)C4C3c3cc(I)c(O)c(OC)c3)C2C1=O. The molecule has 1 aromatic rings. The van der Waals surface area contributed by atoms with Crippen molar-refractivity contribution in [3.63, 3.8) is 0 Å². The summed E-state index contributed by atoms with van der Waals surface area (Å²) >= 11 is 2.03. The molecule has 5 rings (SSSR count). The molecule has 1 aromatic carbocycles. The lowest BCUT2D eigenvalue weighted by molar-refractivity contribution is -0.142. The van der Waals surface area contributed by atoms with E-state index in [4.69, 9.17) is 4.74 Å². The zero-order chi connectivity index (χ0) is 25.9. The Morgan fingerprint density at radius 3 is 2.14 bits per heavy atom. The third-order valence-corrected chi connectivity index (χ3v) is 9.18. The first kappa shape index (κ1) is 25.2. The minimum atomic E-state index is -0.577. The normalized spacial score (nSPS) is 31.4. The Hall–Kier alpha value is -2.43. The molecule has 6 unspecified atom stereocenters. The van der Waals surface area contributed by atoms with Crippen molar-refractivity contribution in [3.05, 3.63) is 32.9 Å². The summed E-state index contributed by atoms with van der Waals surface area (Å²) in [7, 11) is 1.48. The van der Waals surface area contributed by atoms with Crippen LogP contribution in [0.4, 0.5) is 0 Å². The number of ether oxygens (including phenoxy) is 1. The number of hydrogen-bond donors (Lipinski definition) is 1. The van der Waals surface area contributed by atoms with Crippen molar-refractivity contribution in [2.45, 2.75) is 45.4 Å². The molecule has 2 aliphatic carbocycles. The van der Waals surface area contributed by atoms with Crippen LogP contribution in [0.15, 0.2) is 23.8 Å². The number of phenols is 1. The van der Waals surface area contributed by atoms with E-state index in [1.807, 2.05) is 48.6 Å². The van der Waals surface area contributed by atoms with Crippen LogP contribution < -0.4 is 4.74 Å². The molecule has 1 saturated carbocycles. The summed E-state index contributed by atoms with van der Waals surface area (Å²) in [6.07, 6.45) is 4.24. The third kappa shape index (κ3) is 3.60. The number of nitrogens with zero attached hydrogens (tertiary/aromatic N) is 2. The van der Waals surface area contributed by atoms with Gasteiger partial charge in [-0.3, -0.25) is 29.0 Å². The fourth-order valence-electron chi connectivity index (χ4n) is 6.91. The molecule has 0 spiro atoms. The number of allylic oxidation sites excluding steroid dienone is 2. The molecule has 192 valence electrons. The zero-order valence-corrected chi connectivity index (χ0v) is 22.9. The number of methoxy groups -OCH3 is 1. The van der Waals surface area contributed by atoms with Crippen molar-refractivity contribution in [2.75, 3.05) is 20.2 Å². The summed E-state index contributed by atoms with van der Waals surface area (Å²) in [6.45, 7) is 4.65. The van der Waals surface area contributed by atoms with Gasteiger partial charge in [-0.1, -0.05) is 25.5 Å². The fraction of sp³-hybridized carbons (Fsp3) is 0.556. The van der Waals surface area contributed by atoms with Gasteiger partial charge in [-0.2, -0.15) is 0 Å². The van der Waals surface area contributed by atoms with Gasteiger partial charge in [0, 0.05) is 19.0 Å². The van der Waals surface area contributed by atoms with E-state index in [1.165, 1.54) is 16.9 Å². The first-order valence-electron chi connectivity index (χ1n) is 12.7. The van der Waals surface area contributed by atoms with Crippen LogP contribution in [-0.4, -0.2) is 58.7 Å². The van der Waals surface area contributed by atoms with Crippen LogP contribution in [-0.2, 0) is 19.2 Å². The van der Waals surface area contributed by atoms with Crippen molar-refractivity contribution >= 4 is 46.2 Å². The topological polar surface area (TPSA) is 104 Å². The van der Waals surface area contributed by atoms with Crippen molar-refractivity contribution in [2.24, 2.45) is 29.6 Å². The summed E-state index contributed by atoms with van der Waals surface area (Å²) in [6, 6.07) is 3.57. The fourth-order valence-corrected chi connectivity index (χ4v) is 7.54. The number of amides is 4. The van der Waals surface area contributed by atoms with Gasteiger partial charge >= 0.3 is 0 Å². The van der Waals surface area contributed by atoms with E-state index in [0.717, 1.165) is 11.1 Å². The van der Waals surface area contributed by atoms with Gasteiger partial charge in [0.05, 0.1) is 34.4 Å². The van der Waals surface area contributed by atoms with Gasteiger partial charge in [-0.05, 0) is 71.9 Å². The van der Waals surface area contributed by atoms with Crippen molar-refractivity contribution in [1.29, 1.82) is 0 Å². The number of benzene rings is 1. The summed E-state index contributed by atoms with van der Waals surface area (Å²) in [5, 5.41) is 10.4. The van der Waals surface area contributed by atoms with Crippen molar-refractivity contribution < 1.29 is 29.0 Å². The number of hydrogen-bond acceptors (Lipinski definition) is 6. The second-order valence-electron chi connectivity index (χ2n) is 10.2. The van der Waals surface area contributed by atoms with Gasteiger partial charge in [-0.15, -0.1) is 0 Å². The predicted molar refractivity (Wildman–Crippen MR) is 139 cm³/mol. The highest BCUT2D eigenvalue weighted by molar-refractivity contribution is 14.1. The molecule has 9 heteroatoms. The lowest BCUT2D eigenvalue weighted by Gasteiger charge is -2.44. The average molecular weight is 606 g/mol. The van der Waals surface area contributed by atoms with Gasteiger partial charge in [0.25, 0.3) is 0 Å². The number of rotatable bonds is 6. The number of carbonyl (C=O) groups excluding carboxylic acids is 4. The molecule has 1 N–H and O–H groups in total. The predicted octanol–water partition coefficient (Wildman–Crippen LogP) is 3.46. The van der Waals surface area contributed by atoms with E-state index in [9.17, 15) is 24.3 Å². The molecule has 8 nitrogen and oxygen atoms in total. The minimum absolute atomic E-state index is 0.0247. The van der Waals surface area contributed by atoms with Gasteiger partial charge in [0.15, 0.2) is 11.5 Å². The minimum Gasteiger partial charge on any atom is -0.504 e. The Morgan fingerprint density at radius 2 is 1.53 bits per heavy atom. The van der Waals surface area contributed by atoms with E-state index in [1.54, 1.807) is 6.07 Å². The molecule has 3 fully saturated rings. The van der Waals surface area contributed by atoms with Gasteiger partial charge in [0.1, 0.15) is 0 Å². The number of likely N-dealkylation sites (tertiary alicyclic amines) is 2. The summed E-state index contributed by atoms with van der Waals surface area (Å²) in [5.74, 6) is -3.07. The smallest absolute Gasteiger partial charge is 0.234 e. The first-order valence-corrected chi connectivity index (χ1v) is 13.8. The van der Waals surface area contributed by atoms with E-state index in [2.05, 4.69) is 0 Å². The van der Waals surface area contributed by atoms with Crippen LogP contribution in [0.5, 0.6) is 11.5 Å². The molecule has 4 aliphatic rings. The second kappa shape index (κ2) is 9.46. The molecule has 2 aliphatic heterocycles. The Balaban J connectivity index is 1.65. The van der Waals surface area contributed by atoms with Crippen LogP contribution in [0.25, 0.3) is 0 Å². The maximum Gasteiger partial charge on any atom is 0.234 e. The van der Waals surface area contributed by atoms with E-state index in [-0.39, 0.29) is 35.3 Å². The molecule has 0 bridgehead atoms. The van der Waals surface area contributed by atoms with Gasteiger partial charge in [-0.25, -0.2) is 0 Å². The molecule has 2 saturated heterocycles. The summed E-state index contributed by atoms with van der Waals surface area (Å²) < 4.78 is 5.99. The van der Waals surface area contributed by atoms with E-state index in [0.29, 0.717) is 48.1 Å². The molecule has 6 atom stereocenters. The average Bonchev–Trinajstić information content (AvgIpc) is 3.25. The van der Waals surface area contributed by atoms with Crippen LogP contribution in [0.1, 0.15) is 51.0 Å². The maximum atomic E-state index is 13.7. The Kier molecular flexibility index (Phi) is 6.63. The van der Waals surface area contributed by atoms with E-state index < -0.39 is 29.6 Å². The largest absolute Gasteiger partial charge is 0.504 e. The van der Waals surface area contributed by atoms with E-state index >= 15 is 0 Å². The number of aromatic hydroxyl groups is 1. The number of carbonyl (C=O) groups is 4. The first-order chi connectivity index (χ1) is 17.2. The molecular weight excluding hydrogens is 575 g/mol. The highest BCUT2D eigenvalue weighted by Gasteiger charge is 2.61. The lowest BCUT2D eigenvalue weighted by Crippen LogP contribution is -2.43. The van der Waals surface area contributed by atoms with Crippen LogP contribution in [0, 0.1) is 33.2 Å². The Labute approximate surface area is 224 Å². The zero-order valence-electron chi connectivity index (χ0n) is 20.7. The molecule has 36 heavy (non-hydrogen) atoms. The highest BCUT2D eigenvalue weighted by Crippen LogP contribution is 2.58. The standard InChI is InChI=1S/C27H31IN2O6/c1-4-8-29-24(32)15-7-6-14-16(21(15)26(29)34)12-17-22(27(35)30(9-5-2)25(17)33)20(14)13-10-18(28)23(31)19(11-13)36-3/h6,10-11,15-17,20-22,31H,4-5,7-9,12H2,1-3H3. The van der Waals surface area contributed by atoms with Crippen molar-refractivity contribution in [1.82, 2.24) is 9.80 Å². The monoisotopic (exact) mass is 606 g/mol. The van der Waals surface area contributed by atoms with Crippen LogP contribution in [0.2, 0.25) is 0 Å². The number of phenolic OH excluding ortho intramolecular Hbond substituents is 1. The third-order valence-electron chi connectivity index (χ3n) is 8.36. The Bertz CT molecular complexity index is 1180. The molecule has 2 heterocycles. The van der Waals surface area contributed by atoms with Gasteiger partial charge < -0.3 is 9.84 Å². The molecule has 4 amide bonds. The number of halogens is 1. The molecular formula is C27H31IN2O6. The second-order valence-corrected chi connectivity index (χ2v) is 11.4. The van der Waals surface area contributed by atoms with Crippen LogP contribution in [0.3, 0.4) is 0 Å². The van der Waals surface area contributed by atoms with Crippen molar-refractivity contribution in [3.8, 4) is 11.5 Å². The lowest BCUT2D eigenvalue weighted by atomic mass is 9.57. The van der Waals surface area contributed by atoms with Gasteiger partial charge in [0.2, 0.25) is 23.6 Å². The molecule has 0 radical (unpaired) electrons. The molecule has 0 aromatic heterocycles. The van der Waals surface area contributed by atoms with Crippen LogP contribution >= 0.6 is 22.6 Å². The summed E-state index contributed by atoms with van der Waals surface area (Å²) in [5.41, 5.74) is 1.74. The number of imide groups is 2. The highest BCUT2D eigenvalue weighted by atomic mass is 127. The number of fused-ring (bicyclic) bond motifs is 4.